The molecule has 0 aliphatic heterocycles. The van der Waals surface area contributed by atoms with Crippen LogP contribution >= 0.6 is 23.2 Å². The highest BCUT2D eigenvalue weighted by atomic mass is 35.5. The molecule has 0 spiro atoms. The highest BCUT2D eigenvalue weighted by Crippen LogP contribution is 2.35. The predicted molar refractivity (Wildman–Crippen MR) is 106 cm³/mol. The molecule has 2 aromatic carbocycles. The van der Waals surface area contributed by atoms with Gasteiger partial charge in [0.05, 0.1) is 22.0 Å². The molecule has 0 saturated heterocycles. The molecule has 0 aromatic heterocycles. The Morgan fingerprint density at radius 1 is 1.14 bits per heavy atom. The number of ether oxygens (including phenoxy) is 1. The van der Waals surface area contributed by atoms with Gasteiger partial charge in [-0.15, -0.1) is 0 Å². The van der Waals surface area contributed by atoms with E-state index in [1.807, 2.05) is 0 Å². The van der Waals surface area contributed by atoms with Crippen molar-refractivity contribution in [1.82, 2.24) is 5.32 Å². The Balaban J connectivity index is 2.17. The van der Waals surface area contributed by atoms with Gasteiger partial charge in [0.15, 0.2) is 5.75 Å². The summed E-state index contributed by atoms with van der Waals surface area (Å²) in [5.41, 5.74) is 0.347. The molecule has 12 heteroatoms. The van der Waals surface area contributed by atoms with Gasteiger partial charge in [0.25, 0.3) is 5.91 Å². The number of carboxylic acids is 1. The fourth-order valence-electron chi connectivity index (χ4n) is 2.25. The van der Waals surface area contributed by atoms with Crippen LogP contribution in [0.4, 0.5) is 10.1 Å². The molecule has 0 fully saturated rings. The average molecular weight is 465 g/mol. The van der Waals surface area contributed by atoms with E-state index in [-0.39, 0.29) is 33.7 Å². The molecule has 0 bridgehead atoms. The fraction of sp³-hybridized carbons (Fsp3) is 0.176. The molecule has 1 amide bonds. The summed E-state index contributed by atoms with van der Waals surface area (Å²) in [5.74, 6) is -2.57. The van der Waals surface area contributed by atoms with Crippen LogP contribution in [-0.2, 0) is 21.4 Å². The van der Waals surface area contributed by atoms with Crippen LogP contribution in [0.2, 0.25) is 10.0 Å². The van der Waals surface area contributed by atoms with Gasteiger partial charge in [0.2, 0.25) is 10.0 Å². The van der Waals surface area contributed by atoms with Crippen LogP contribution in [0.1, 0.15) is 15.9 Å². The number of carbonyl (C=O) groups excluding carboxylic acids is 1. The van der Waals surface area contributed by atoms with E-state index >= 15 is 0 Å². The molecular weight excluding hydrogens is 450 g/mol. The third-order valence-electron chi connectivity index (χ3n) is 3.30. The van der Waals surface area contributed by atoms with E-state index in [9.17, 15) is 22.4 Å². The molecule has 29 heavy (non-hydrogen) atoms. The van der Waals surface area contributed by atoms with Gasteiger partial charge in [-0.25, -0.2) is 12.8 Å². The molecule has 156 valence electrons. The Labute approximate surface area is 175 Å². The van der Waals surface area contributed by atoms with Crippen LogP contribution in [0, 0.1) is 5.82 Å². The van der Waals surface area contributed by atoms with Crippen LogP contribution in [-0.4, -0.2) is 38.2 Å². The van der Waals surface area contributed by atoms with Crippen molar-refractivity contribution in [2.24, 2.45) is 0 Å². The van der Waals surface area contributed by atoms with Crippen molar-refractivity contribution in [3.05, 3.63) is 57.3 Å². The van der Waals surface area contributed by atoms with Crippen molar-refractivity contribution in [3.8, 4) is 5.75 Å². The molecule has 0 saturated carbocycles. The summed E-state index contributed by atoms with van der Waals surface area (Å²) in [6.45, 7) is -0.768. The predicted octanol–water partition coefficient (Wildman–Crippen LogP) is 2.90. The maximum Gasteiger partial charge on any atom is 0.322 e. The number of hydrogen-bond donors (Lipinski definition) is 3. The Hall–Kier alpha value is -2.56. The van der Waals surface area contributed by atoms with E-state index in [4.69, 9.17) is 33.0 Å². The highest BCUT2D eigenvalue weighted by molar-refractivity contribution is 7.92. The van der Waals surface area contributed by atoms with Crippen LogP contribution in [0.15, 0.2) is 30.3 Å². The lowest BCUT2D eigenvalue weighted by atomic mass is 10.2. The average Bonchev–Trinajstić information content (AvgIpc) is 2.56. The number of nitrogens with one attached hydrogen (secondary N) is 2. The molecule has 0 aliphatic rings. The minimum Gasteiger partial charge on any atom is -0.486 e. The van der Waals surface area contributed by atoms with E-state index < -0.39 is 34.3 Å². The number of halogens is 3. The van der Waals surface area contributed by atoms with Gasteiger partial charge >= 0.3 is 5.97 Å². The Bertz CT molecular complexity index is 1040. The molecule has 2 rings (SSSR count). The second kappa shape index (κ2) is 9.29. The number of aliphatic carboxylic acids is 1. The smallest absolute Gasteiger partial charge is 0.322 e. The number of anilines is 1. The van der Waals surface area contributed by atoms with Crippen molar-refractivity contribution < 1.29 is 32.2 Å². The zero-order valence-electron chi connectivity index (χ0n) is 14.8. The molecule has 0 atom stereocenters. The normalized spacial score (nSPS) is 11.0. The van der Waals surface area contributed by atoms with Gasteiger partial charge in [-0.2, -0.15) is 0 Å². The number of hydrogen-bond acceptors (Lipinski definition) is 5. The van der Waals surface area contributed by atoms with E-state index in [2.05, 4.69) is 10.0 Å². The molecule has 0 heterocycles. The quantitative estimate of drug-likeness (QED) is 0.551. The van der Waals surface area contributed by atoms with E-state index in [1.54, 1.807) is 0 Å². The fourth-order valence-corrected chi connectivity index (χ4v) is 3.39. The van der Waals surface area contributed by atoms with Crippen molar-refractivity contribution in [2.75, 3.05) is 17.5 Å². The first-order valence-corrected chi connectivity index (χ1v) is 10.5. The first-order valence-electron chi connectivity index (χ1n) is 7.83. The Kier molecular flexibility index (Phi) is 7.28. The second-order valence-electron chi connectivity index (χ2n) is 5.86. The third kappa shape index (κ3) is 7.08. The molecular formula is C17H15Cl2FN2O6S. The van der Waals surface area contributed by atoms with Gasteiger partial charge in [0, 0.05) is 5.56 Å². The number of sulfonamides is 1. The second-order valence-corrected chi connectivity index (χ2v) is 8.42. The zero-order valence-corrected chi connectivity index (χ0v) is 17.2. The first kappa shape index (κ1) is 22.7. The summed E-state index contributed by atoms with van der Waals surface area (Å²) in [6, 6.07) is 6.00. The maximum absolute atomic E-state index is 13.7. The number of carboxylic acid groups (broad SMARTS) is 1. The number of carbonyl (C=O) groups is 2. The third-order valence-corrected chi connectivity index (χ3v) is 4.47. The van der Waals surface area contributed by atoms with Crippen molar-refractivity contribution >= 4 is 50.8 Å². The summed E-state index contributed by atoms with van der Waals surface area (Å²) in [4.78, 5) is 22.4. The van der Waals surface area contributed by atoms with E-state index in [0.717, 1.165) is 18.4 Å². The lowest BCUT2D eigenvalue weighted by Crippen LogP contribution is -2.29. The van der Waals surface area contributed by atoms with Crippen molar-refractivity contribution in [2.45, 2.75) is 6.61 Å². The summed E-state index contributed by atoms with van der Waals surface area (Å²) >= 11 is 12.2. The Morgan fingerprint density at radius 2 is 1.76 bits per heavy atom. The lowest BCUT2D eigenvalue weighted by molar-refractivity contribution is -0.135. The van der Waals surface area contributed by atoms with Gasteiger partial charge in [-0.3, -0.25) is 14.3 Å². The molecule has 0 aliphatic carbocycles. The Morgan fingerprint density at radius 3 is 2.31 bits per heavy atom. The maximum atomic E-state index is 13.7. The van der Waals surface area contributed by atoms with E-state index in [1.165, 1.54) is 18.2 Å². The molecule has 3 N–H and O–H groups in total. The molecule has 0 unspecified atom stereocenters. The topological polar surface area (TPSA) is 122 Å². The highest BCUT2D eigenvalue weighted by Gasteiger charge is 2.15. The van der Waals surface area contributed by atoms with Gasteiger partial charge in [-0.1, -0.05) is 23.2 Å². The van der Waals surface area contributed by atoms with Crippen molar-refractivity contribution in [1.29, 1.82) is 0 Å². The lowest BCUT2D eigenvalue weighted by Gasteiger charge is -2.13. The summed E-state index contributed by atoms with van der Waals surface area (Å²) in [7, 11) is -3.59. The van der Waals surface area contributed by atoms with Crippen LogP contribution < -0.4 is 14.8 Å². The minimum absolute atomic E-state index is 0.0185. The molecule has 8 nitrogen and oxygen atoms in total. The number of benzene rings is 2. The summed E-state index contributed by atoms with van der Waals surface area (Å²) < 4.78 is 44.0. The minimum atomic E-state index is -3.59. The van der Waals surface area contributed by atoms with Crippen LogP contribution in [0.3, 0.4) is 0 Å². The zero-order chi connectivity index (χ0) is 21.8. The van der Waals surface area contributed by atoms with Crippen LogP contribution in [0.5, 0.6) is 5.75 Å². The van der Waals surface area contributed by atoms with Gasteiger partial charge in [-0.05, 0) is 35.9 Å². The number of rotatable bonds is 8. The SMILES string of the molecule is CS(=O)(=O)Nc1cc(F)cc(COc2c(Cl)cc(C(=O)NCC(=O)O)cc2Cl)c1. The monoisotopic (exact) mass is 464 g/mol. The molecule has 0 radical (unpaired) electrons. The molecule has 2 aromatic rings. The standard InChI is InChI=1S/C17H15Cl2FN2O6S/c1-29(26,27)22-12-3-9(2-11(20)6-12)8-28-16-13(18)4-10(5-14(16)19)17(25)21-7-15(23)24/h2-6,22H,7-8H2,1H3,(H,21,25)(H,23,24). The summed E-state index contributed by atoms with van der Waals surface area (Å²) in [5, 5.41) is 10.7. The van der Waals surface area contributed by atoms with Gasteiger partial charge in [0.1, 0.15) is 19.0 Å². The van der Waals surface area contributed by atoms with Crippen molar-refractivity contribution in [3.63, 3.8) is 0 Å². The summed E-state index contributed by atoms with van der Waals surface area (Å²) in [6.07, 6.45) is 0.932. The largest absolute Gasteiger partial charge is 0.486 e. The number of amides is 1. The van der Waals surface area contributed by atoms with E-state index in [0.29, 0.717) is 5.56 Å². The van der Waals surface area contributed by atoms with Gasteiger partial charge < -0.3 is 15.2 Å². The first-order chi connectivity index (χ1) is 13.4. The van der Waals surface area contributed by atoms with Crippen LogP contribution in [0.25, 0.3) is 0 Å².